The second kappa shape index (κ2) is 4.76. The molecule has 1 rings (SSSR count). The fourth-order valence-corrected chi connectivity index (χ4v) is 0.959. The number of rotatable bonds is 3. The first-order chi connectivity index (χ1) is 6.24. The van der Waals surface area contributed by atoms with Crippen LogP contribution in [-0.2, 0) is 0 Å². The largest absolute Gasteiger partial charge is 0.362 e. The summed E-state index contributed by atoms with van der Waals surface area (Å²) in [7, 11) is 0. The average molecular weight is 202 g/mol. The van der Waals surface area contributed by atoms with Crippen molar-refractivity contribution in [3.05, 3.63) is 12.0 Å². The zero-order chi connectivity index (χ0) is 9.68. The molecule has 0 amide bonds. The molecular formula is C7H11FN4S. The van der Waals surface area contributed by atoms with Crippen molar-refractivity contribution in [1.29, 1.82) is 0 Å². The molecule has 6 heteroatoms. The highest BCUT2D eigenvalue weighted by Crippen LogP contribution is 2.06. The molecule has 13 heavy (non-hydrogen) atoms. The Morgan fingerprint density at radius 3 is 3.08 bits per heavy atom. The number of nitrogens with zero attached hydrogens (tertiary/aromatic N) is 1. The molecule has 0 saturated carbocycles. The molecule has 0 radical (unpaired) electrons. The standard InChI is InChI=1S/C7H11FN4S/c1-2-3-9-7(13)11-6-5(8)4-10-12-6/h4H,2-3H2,1H3,(H3,9,10,11,12,13). The fourth-order valence-electron chi connectivity index (χ4n) is 0.755. The van der Waals surface area contributed by atoms with Crippen molar-refractivity contribution in [2.75, 3.05) is 11.9 Å². The Bertz CT molecular complexity index is 286. The Balaban J connectivity index is 2.41. The predicted octanol–water partition coefficient (Wildman–Crippen LogP) is 1.25. The van der Waals surface area contributed by atoms with E-state index in [0.717, 1.165) is 19.2 Å². The van der Waals surface area contributed by atoms with Crippen LogP contribution in [0.15, 0.2) is 6.20 Å². The number of aromatic amines is 1. The van der Waals surface area contributed by atoms with Crippen molar-refractivity contribution in [1.82, 2.24) is 15.5 Å². The van der Waals surface area contributed by atoms with E-state index >= 15 is 0 Å². The molecule has 0 aliphatic heterocycles. The number of nitrogens with one attached hydrogen (secondary N) is 3. The van der Waals surface area contributed by atoms with Gasteiger partial charge in [0.2, 0.25) is 0 Å². The van der Waals surface area contributed by atoms with Crippen LogP contribution in [0.1, 0.15) is 13.3 Å². The quantitative estimate of drug-likeness (QED) is 0.646. The third-order valence-corrected chi connectivity index (χ3v) is 1.61. The lowest BCUT2D eigenvalue weighted by atomic mass is 10.5. The van der Waals surface area contributed by atoms with E-state index in [1.807, 2.05) is 6.92 Å². The first-order valence-electron chi connectivity index (χ1n) is 3.97. The van der Waals surface area contributed by atoms with Gasteiger partial charge in [0.1, 0.15) is 0 Å². The van der Waals surface area contributed by atoms with Crippen molar-refractivity contribution in [2.24, 2.45) is 0 Å². The first kappa shape index (κ1) is 9.91. The van der Waals surface area contributed by atoms with Crippen LogP contribution in [0.5, 0.6) is 0 Å². The first-order valence-corrected chi connectivity index (χ1v) is 4.38. The molecule has 0 fully saturated rings. The van der Waals surface area contributed by atoms with Gasteiger partial charge in [0.05, 0.1) is 6.20 Å². The highest BCUT2D eigenvalue weighted by Gasteiger charge is 2.04. The number of hydrogen-bond donors (Lipinski definition) is 3. The summed E-state index contributed by atoms with van der Waals surface area (Å²) in [6.45, 7) is 2.79. The molecule has 1 aromatic heterocycles. The molecule has 4 nitrogen and oxygen atoms in total. The molecule has 0 bridgehead atoms. The lowest BCUT2D eigenvalue weighted by Gasteiger charge is -2.06. The van der Waals surface area contributed by atoms with E-state index in [2.05, 4.69) is 20.8 Å². The Morgan fingerprint density at radius 1 is 1.77 bits per heavy atom. The van der Waals surface area contributed by atoms with E-state index in [4.69, 9.17) is 12.2 Å². The molecule has 72 valence electrons. The predicted molar refractivity (Wildman–Crippen MR) is 53.1 cm³/mol. The average Bonchev–Trinajstić information content (AvgIpc) is 2.48. The maximum absolute atomic E-state index is 12.8. The lowest BCUT2D eigenvalue weighted by molar-refractivity contribution is 0.632. The molecule has 3 N–H and O–H groups in total. The van der Waals surface area contributed by atoms with Crippen LogP contribution in [-0.4, -0.2) is 21.9 Å². The van der Waals surface area contributed by atoms with E-state index in [0.29, 0.717) is 5.11 Å². The summed E-state index contributed by atoms with van der Waals surface area (Å²) in [5.41, 5.74) is 0. The van der Waals surface area contributed by atoms with Crippen molar-refractivity contribution in [2.45, 2.75) is 13.3 Å². The molecule has 0 aliphatic rings. The van der Waals surface area contributed by atoms with Gasteiger partial charge in [-0.3, -0.25) is 5.10 Å². The minimum Gasteiger partial charge on any atom is -0.362 e. The number of hydrogen-bond acceptors (Lipinski definition) is 2. The van der Waals surface area contributed by atoms with E-state index < -0.39 is 5.82 Å². The maximum atomic E-state index is 12.8. The fraction of sp³-hybridized carbons (Fsp3) is 0.429. The molecule has 0 aromatic carbocycles. The number of thiocarbonyl (C=S) groups is 1. The lowest BCUT2D eigenvalue weighted by Crippen LogP contribution is -2.29. The second-order valence-electron chi connectivity index (χ2n) is 2.47. The van der Waals surface area contributed by atoms with E-state index in [-0.39, 0.29) is 5.82 Å². The van der Waals surface area contributed by atoms with Gasteiger partial charge < -0.3 is 10.6 Å². The molecule has 0 atom stereocenters. The Kier molecular flexibility index (Phi) is 3.63. The maximum Gasteiger partial charge on any atom is 0.185 e. The molecular weight excluding hydrogens is 191 g/mol. The summed E-state index contributed by atoms with van der Waals surface area (Å²) in [6, 6.07) is 0. The van der Waals surface area contributed by atoms with Crippen molar-refractivity contribution < 1.29 is 4.39 Å². The Morgan fingerprint density at radius 2 is 2.54 bits per heavy atom. The summed E-state index contributed by atoms with van der Waals surface area (Å²) >= 11 is 4.89. The van der Waals surface area contributed by atoms with E-state index in [1.165, 1.54) is 0 Å². The van der Waals surface area contributed by atoms with E-state index in [1.54, 1.807) is 0 Å². The third kappa shape index (κ3) is 2.98. The van der Waals surface area contributed by atoms with Crippen molar-refractivity contribution in [3.8, 4) is 0 Å². The van der Waals surface area contributed by atoms with Crippen LogP contribution in [0.2, 0.25) is 0 Å². The monoisotopic (exact) mass is 202 g/mol. The third-order valence-electron chi connectivity index (χ3n) is 1.37. The van der Waals surface area contributed by atoms with Gasteiger partial charge in [-0.2, -0.15) is 5.10 Å². The minimum atomic E-state index is -0.444. The highest BCUT2D eigenvalue weighted by atomic mass is 32.1. The van der Waals surface area contributed by atoms with Crippen LogP contribution < -0.4 is 10.6 Å². The second-order valence-corrected chi connectivity index (χ2v) is 2.88. The SMILES string of the molecule is CCCNC(=S)Nc1[nH]ncc1F. The molecule has 0 unspecified atom stereocenters. The zero-order valence-corrected chi connectivity index (χ0v) is 8.04. The Labute approximate surface area is 80.9 Å². The summed E-state index contributed by atoms with van der Waals surface area (Å²) in [5, 5.41) is 11.9. The summed E-state index contributed by atoms with van der Waals surface area (Å²) in [4.78, 5) is 0. The number of anilines is 1. The van der Waals surface area contributed by atoms with Crippen LogP contribution in [0.4, 0.5) is 10.2 Å². The molecule has 0 aliphatic carbocycles. The topological polar surface area (TPSA) is 52.7 Å². The van der Waals surface area contributed by atoms with Gasteiger partial charge in [-0.15, -0.1) is 0 Å². The summed E-state index contributed by atoms with van der Waals surface area (Å²) < 4.78 is 12.8. The number of H-pyrrole nitrogens is 1. The molecule has 1 heterocycles. The van der Waals surface area contributed by atoms with Crippen LogP contribution in [0.3, 0.4) is 0 Å². The minimum absolute atomic E-state index is 0.189. The van der Waals surface area contributed by atoms with Crippen LogP contribution in [0.25, 0.3) is 0 Å². The van der Waals surface area contributed by atoms with Gasteiger partial charge in [0.25, 0.3) is 0 Å². The Hall–Kier alpha value is -1.17. The zero-order valence-electron chi connectivity index (χ0n) is 7.22. The van der Waals surface area contributed by atoms with E-state index in [9.17, 15) is 4.39 Å². The van der Waals surface area contributed by atoms with Gasteiger partial charge in [0, 0.05) is 6.54 Å². The van der Waals surface area contributed by atoms with Crippen molar-refractivity contribution in [3.63, 3.8) is 0 Å². The highest BCUT2D eigenvalue weighted by molar-refractivity contribution is 7.80. The van der Waals surface area contributed by atoms with Gasteiger partial charge in [-0.25, -0.2) is 4.39 Å². The van der Waals surface area contributed by atoms with Crippen molar-refractivity contribution >= 4 is 23.1 Å². The van der Waals surface area contributed by atoms with Gasteiger partial charge >= 0.3 is 0 Å². The summed E-state index contributed by atoms with van der Waals surface area (Å²) in [5.74, 6) is -0.255. The van der Waals surface area contributed by atoms with Crippen LogP contribution in [0, 0.1) is 5.82 Å². The number of aromatic nitrogens is 2. The molecule has 0 spiro atoms. The molecule has 0 saturated heterocycles. The van der Waals surface area contributed by atoms with Gasteiger partial charge in [-0.05, 0) is 18.6 Å². The summed E-state index contributed by atoms with van der Waals surface area (Å²) in [6.07, 6.45) is 2.05. The molecule has 1 aromatic rings. The normalized spacial score (nSPS) is 9.69. The number of halogens is 1. The van der Waals surface area contributed by atoms with Gasteiger partial charge in [0.15, 0.2) is 16.7 Å². The van der Waals surface area contributed by atoms with Gasteiger partial charge in [-0.1, -0.05) is 6.92 Å². The van der Waals surface area contributed by atoms with Crippen LogP contribution >= 0.6 is 12.2 Å². The smallest absolute Gasteiger partial charge is 0.185 e.